The maximum absolute atomic E-state index is 10.8. The first-order chi connectivity index (χ1) is 10.2. The molecule has 1 aliphatic carbocycles. The minimum Gasteiger partial charge on any atom is -0.387 e. The first kappa shape index (κ1) is 15.0. The lowest BCUT2D eigenvalue weighted by atomic mass is 9.91. The third kappa shape index (κ3) is 3.16. The fraction of sp³-hybridized carbons (Fsp3) is 0.412. The van der Waals surface area contributed by atoms with Gasteiger partial charge in [-0.25, -0.2) is 0 Å². The van der Waals surface area contributed by atoms with Gasteiger partial charge >= 0.3 is 0 Å². The van der Waals surface area contributed by atoms with E-state index < -0.39 is 6.10 Å². The fourth-order valence-electron chi connectivity index (χ4n) is 3.04. The second-order valence-electron chi connectivity index (χ2n) is 5.65. The standard InChI is InChI=1S/C17H20ClNOS/c18-13-6-3-5-11(8-13)14(10-19)17(20)16-9-12-4-1-2-7-15(12)21-16/h3,5-6,8-9,14,17,20H,1-2,4,7,10,19H2. The number of aliphatic hydroxyl groups excluding tert-OH is 1. The summed E-state index contributed by atoms with van der Waals surface area (Å²) in [6.07, 6.45) is 4.26. The van der Waals surface area contributed by atoms with Crippen LogP contribution >= 0.6 is 22.9 Å². The number of aliphatic hydroxyl groups is 1. The molecule has 21 heavy (non-hydrogen) atoms. The molecule has 4 heteroatoms. The van der Waals surface area contributed by atoms with Crippen LogP contribution in [-0.4, -0.2) is 11.7 Å². The SMILES string of the molecule is NCC(c1cccc(Cl)c1)C(O)c1cc2c(s1)CCCC2. The number of thiophene rings is 1. The van der Waals surface area contributed by atoms with Crippen molar-refractivity contribution in [2.24, 2.45) is 5.73 Å². The highest BCUT2D eigenvalue weighted by molar-refractivity contribution is 7.12. The summed E-state index contributed by atoms with van der Waals surface area (Å²) in [5, 5.41) is 11.4. The zero-order valence-corrected chi connectivity index (χ0v) is 13.5. The second-order valence-corrected chi connectivity index (χ2v) is 7.25. The largest absolute Gasteiger partial charge is 0.387 e. The quantitative estimate of drug-likeness (QED) is 0.892. The van der Waals surface area contributed by atoms with Crippen molar-refractivity contribution in [1.29, 1.82) is 0 Å². The van der Waals surface area contributed by atoms with Crippen LogP contribution in [0.4, 0.5) is 0 Å². The van der Waals surface area contributed by atoms with E-state index >= 15 is 0 Å². The predicted molar refractivity (Wildman–Crippen MR) is 89.2 cm³/mol. The lowest BCUT2D eigenvalue weighted by Crippen LogP contribution is -2.19. The number of rotatable bonds is 4. The third-order valence-corrected chi connectivity index (χ3v) is 5.76. The van der Waals surface area contributed by atoms with Gasteiger partial charge in [-0.05, 0) is 55.0 Å². The summed E-state index contributed by atoms with van der Waals surface area (Å²) in [5.74, 6) is -0.108. The van der Waals surface area contributed by atoms with E-state index in [1.54, 1.807) is 11.3 Å². The van der Waals surface area contributed by atoms with E-state index in [0.717, 1.165) is 23.3 Å². The predicted octanol–water partition coefficient (Wildman–Crippen LogP) is 4.06. The molecule has 2 nitrogen and oxygen atoms in total. The fourth-order valence-corrected chi connectivity index (χ4v) is 4.55. The molecule has 2 atom stereocenters. The van der Waals surface area contributed by atoms with Crippen LogP contribution in [0.3, 0.4) is 0 Å². The zero-order chi connectivity index (χ0) is 14.8. The molecule has 0 fully saturated rings. The molecule has 0 aliphatic heterocycles. The molecule has 3 rings (SSSR count). The summed E-state index contributed by atoms with van der Waals surface area (Å²) in [6.45, 7) is 0.407. The molecule has 0 spiro atoms. The first-order valence-electron chi connectivity index (χ1n) is 7.44. The maximum Gasteiger partial charge on any atom is 0.0962 e. The lowest BCUT2D eigenvalue weighted by Gasteiger charge is -2.21. The molecule has 0 radical (unpaired) electrons. The summed E-state index contributed by atoms with van der Waals surface area (Å²) in [6, 6.07) is 9.81. The molecular formula is C17H20ClNOS. The molecular weight excluding hydrogens is 302 g/mol. The van der Waals surface area contributed by atoms with Gasteiger partial charge in [-0.2, -0.15) is 0 Å². The van der Waals surface area contributed by atoms with E-state index in [0.29, 0.717) is 11.6 Å². The van der Waals surface area contributed by atoms with Gasteiger partial charge in [-0.1, -0.05) is 23.7 Å². The number of hydrogen-bond acceptors (Lipinski definition) is 3. The average Bonchev–Trinajstić information content (AvgIpc) is 2.92. The summed E-state index contributed by atoms with van der Waals surface area (Å²) >= 11 is 7.81. The first-order valence-corrected chi connectivity index (χ1v) is 8.63. The Kier molecular flexibility index (Phi) is 4.65. The van der Waals surface area contributed by atoms with Crippen LogP contribution in [0.25, 0.3) is 0 Å². The monoisotopic (exact) mass is 321 g/mol. The van der Waals surface area contributed by atoms with Gasteiger partial charge < -0.3 is 10.8 Å². The van der Waals surface area contributed by atoms with Crippen LogP contribution in [0, 0.1) is 0 Å². The Morgan fingerprint density at radius 2 is 2.05 bits per heavy atom. The van der Waals surface area contributed by atoms with Gasteiger partial charge in [-0.3, -0.25) is 0 Å². The molecule has 0 amide bonds. The van der Waals surface area contributed by atoms with Crippen LogP contribution < -0.4 is 5.73 Å². The summed E-state index contributed by atoms with van der Waals surface area (Å²) < 4.78 is 0. The Hall–Kier alpha value is -0.870. The Morgan fingerprint density at radius 1 is 1.24 bits per heavy atom. The lowest BCUT2D eigenvalue weighted by molar-refractivity contribution is 0.151. The van der Waals surface area contributed by atoms with Crippen LogP contribution in [0.15, 0.2) is 30.3 Å². The van der Waals surface area contributed by atoms with E-state index in [1.165, 1.54) is 23.3 Å². The molecule has 1 aliphatic rings. The minimum atomic E-state index is -0.552. The molecule has 1 heterocycles. The number of nitrogens with two attached hydrogens (primary N) is 1. The molecule has 2 unspecified atom stereocenters. The van der Waals surface area contributed by atoms with Crippen molar-refractivity contribution in [3.8, 4) is 0 Å². The second kappa shape index (κ2) is 6.49. The Bertz CT molecular complexity index is 602. The Labute approximate surface area is 134 Å². The smallest absolute Gasteiger partial charge is 0.0962 e. The van der Waals surface area contributed by atoms with Gasteiger partial charge in [0.15, 0.2) is 0 Å². The van der Waals surface area contributed by atoms with Crippen LogP contribution in [0.1, 0.15) is 45.7 Å². The zero-order valence-electron chi connectivity index (χ0n) is 11.9. The third-order valence-electron chi connectivity index (χ3n) is 4.22. The molecule has 0 saturated heterocycles. The van der Waals surface area contributed by atoms with Crippen molar-refractivity contribution < 1.29 is 5.11 Å². The molecule has 112 valence electrons. The van der Waals surface area contributed by atoms with Gasteiger partial charge in [0.25, 0.3) is 0 Å². The Balaban J connectivity index is 1.88. The van der Waals surface area contributed by atoms with Crippen molar-refractivity contribution in [2.75, 3.05) is 6.54 Å². The molecule has 0 bridgehead atoms. The topological polar surface area (TPSA) is 46.2 Å². The number of halogens is 1. The van der Waals surface area contributed by atoms with Crippen LogP contribution in [0.5, 0.6) is 0 Å². The van der Waals surface area contributed by atoms with Crippen LogP contribution in [0.2, 0.25) is 5.02 Å². The van der Waals surface area contributed by atoms with E-state index in [1.807, 2.05) is 24.3 Å². The average molecular weight is 322 g/mol. The minimum absolute atomic E-state index is 0.108. The molecule has 1 aromatic heterocycles. The summed E-state index contributed by atoms with van der Waals surface area (Å²) in [7, 11) is 0. The van der Waals surface area contributed by atoms with E-state index in [-0.39, 0.29) is 5.92 Å². The highest BCUT2D eigenvalue weighted by Crippen LogP contribution is 2.38. The summed E-state index contributed by atoms with van der Waals surface area (Å²) in [4.78, 5) is 2.48. The number of fused-ring (bicyclic) bond motifs is 1. The van der Waals surface area contributed by atoms with Crippen molar-refractivity contribution in [3.05, 3.63) is 56.2 Å². The van der Waals surface area contributed by atoms with E-state index in [4.69, 9.17) is 17.3 Å². The normalized spacial score (nSPS) is 17.3. The molecule has 3 N–H and O–H groups in total. The number of aryl methyl sites for hydroxylation is 2. The molecule has 2 aromatic rings. The van der Waals surface area contributed by atoms with Gasteiger partial charge in [0.1, 0.15) is 0 Å². The van der Waals surface area contributed by atoms with Gasteiger partial charge in [0.05, 0.1) is 6.10 Å². The van der Waals surface area contributed by atoms with E-state index in [9.17, 15) is 5.11 Å². The van der Waals surface area contributed by atoms with Gasteiger partial charge in [0, 0.05) is 27.2 Å². The molecule has 0 saturated carbocycles. The highest BCUT2D eigenvalue weighted by atomic mass is 35.5. The Morgan fingerprint density at radius 3 is 2.76 bits per heavy atom. The van der Waals surface area contributed by atoms with Crippen molar-refractivity contribution >= 4 is 22.9 Å². The van der Waals surface area contributed by atoms with Crippen LogP contribution in [-0.2, 0) is 12.8 Å². The van der Waals surface area contributed by atoms with Gasteiger partial charge in [-0.15, -0.1) is 11.3 Å². The van der Waals surface area contributed by atoms with Crippen molar-refractivity contribution in [3.63, 3.8) is 0 Å². The number of benzene rings is 1. The molecule has 1 aromatic carbocycles. The van der Waals surface area contributed by atoms with Crippen molar-refractivity contribution in [2.45, 2.75) is 37.7 Å². The van der Waals surface area contributed by atoms with Gasteiger partial charge in [0.2, 0.25) is 0 Å². The number of hydrogen-bond donors (Lipinski definition) is 2. The summed E-state index contributed by atoms with van der Waals surface area (Å²) in [5.41, 5.74) is 8.34. The van der Waals surface area contributed by atoms with Crippen molar-refractivity contribution in [1.82, 2.24) is 0 Å². The maximum atomic E-state index is 10.8. The van der Waals surface area contributed by atoms with E-state index in [2.05, 4.69) is 6.07 Å². The highest BCUT2D eigenvalue weighted by Gasteiger charge is 2.25.